The molecule has 7 nitrogen and oxygen atoms in total. The minimum atomic E-state index is -0.548. The third-order valence-corrected chi connectivity index (χ3v) is 6.13. The Morgan fingerprint density at radius 1 is 1.25 bits per heavy atom. The van der Waals surface area contributed by atoms with Crippen LogP contribution in [-0.2, 0) is 17.6 Å². The van der Waals surface area contributed by atoms with E-state index < -0.39 is 5.91 Å². The molecule has 2 aromatic carbocycles. The monoisotopic (exact) mass is 435 g/mol. The number of aryl methyl sites for hydroxylation is 1. The van der Waals surface area contributed by atoms with E-state index in [1.807, 2.05) is 24.3 Å². The molecule has 0 radical (unpaired) electrons. The van der Waals surface area contributed by atoms with Gasteiger partial charge in [-0.25, -0.2) is 5.48 Å². The van der Waals surface area contributed by atoms with Crippen molar-refractivity contribution in [2.45, 2.75) is 25.3 Å². The molecule has 1 atom stereocenters. The molecule has 1 aliphatic rings. The molecule has 0 aliphatic heterocycles. The first-order chi connectivity index (χ1) is 15.6. The lowest BCUT2D eigenvalue weighted by atomic mass is 10.0. The summed E-state index contributed by atoms with van der Waals surface area (Å²) in [6, 6.07) is 14.6. The maximum absolute atomic E-state index is 11.2. The van der Waals surface area contributed by atoms with E-state index in [4.69, 9.17) is 9.94 Å². The van der Waals surface area contributed by atoms with Crippen LogP contribution in [0, 0.1) is 0 Å². The maximum Gasteiger partial charge on any atom is 0.267 e. The van der Waals surface area contributed by atoms with Gasteiger partial charge in [-0.05, 0) is 59.9 Å². The molecule has 1 heterocycles. The molecule has 1 unspecified atom stereocenters. The second-order valence-electron chi connectivity index (χ2n) is 8.08. The molecular formula is C25H29N3O4. The lowest BCUT2D eigenvalue weighted by Gasteiger charge is -2.29. The Labute approximate surface area is 187 Å². The van der Waals surface area contributed by atoms with Gasteiger partial charge in [-0.1, -0.05) is 18.2 Å². The molecular weight excluding hydrogens is 406 g/mol. The minimum Gasteiger partial charge on any atom is -0.497 e. The highest BCUT2D eigenvalue weighted by atomic mass is 16.5. The number of amides is 1. The Morgan fingerprint density at radius 3 is 2.91 bits per heavy atom. The number of methoxy groups -OCH3 is 1. The van der Waals surface area contributed by atoms with Crippen molar-refractivity contribution in [3.8, 4) is 5.75 Å². The number of hydroxylamine groups is 1. The summed E-state index contributed by atoms with van der Waals surface area (Å²) >= 11 is 0. The van der Waals surface area contributed by atoms with Crippen molar-refractivity contribution < 1.29 is 19.8 Å². The van der Waals surface area contributed by atoms with Crippen molar-refractivity contribution in [3.05, 3.63) is 70.9 Å². The molecule has 0 saturated heterocycles. The van der Waals surface area contributed by atoms with Crippen LogP contribution < -0.4 is 10.2 Å². The molecule has 7 heteroatoms. The number of hydrogen-bond donors (Lipinski definition) is 4. The number of H-pyrrole nitrogens is 1. The van der Waals surface area contributed by atoms with Crippen molar-refractivity contribution >= 4 is 22.9 Å². The summed E-state index contributed by atoms with van der Waals surface area (Å²) in [4.78, 5) is 17.1. The van der Waals surface area contributed by atoms with E-state index in [1.54, 1.807) is 18.7 Å². The molecule has 1 aromatic heterocycles. The second kappa shape index (κ2) is 9.99. The normalized spacial score (nSPS) is 15.6. The number of carbonyl (C=O) groups is 1. The Kier molecular flexibility index (Phi) is 6.90. The average molecular weight is 436 g/mol. The fourth-order valence-corrected chi connectivity index (χ4v) is 4.56. The van der Waals surface area contributed by atoms with Crippen LogP contribution in [0.25, 0.3) is 17.0 Å². The molecule has 0 bridgehead atoms. The van der Waals surface area contributed by atoms with Gasteiger partial charge in [-0.15, -0.1) is 0 Å². The predicted molar refractivity (Wildman–Crippen MR) is 124 cm³/mol. The van der Waals surface area contributed by atoms with E-state index in [1.165, 1.54) is 17.2 Å². The zero-order valence-electron chi connectivity index (χ0n) is 18.2. The van der Waals surface area contributed by atoms with Gasteiger partial charge in [0.25, 0.3) is 5.91 Å². The molecule has 1 aliphatic carbocycles. The number of nitrogens with one attached hydrogen (secondary N) is 2. The van der Waals surface area contributed by atoms with E-state index in [0.717, 1.165) is 53.7 Å². The summed E-state index contributed by atoms with van der Waals surface area (Å²) in [5.74, 6) is 0.298. The number of aliphatic hydroxyl groups excluding tert-OH is 1. The third kappa shape index (κ3) is 4.85. The number of aliphatic hydroxyl groups is 1. The zero-order chi connectivity index (χ0) is 22.5. The number of aromatic amines is 1. The lowest BCUT2D eigenvalue weighted by Crippen LogP contribution is -2.32. The quantitative estimate of drug-likeness (QED) is 0.235. The second-order valence-corrected chi connectivity index (χ2v) is 8.08. The van der Waals surface area contributed by atoms with Crippen LogP contribution in [0.2, 0.25) is 0 Å². The number of aromatic nitrogens is 1. The first-order valence-electron chi connectivity index (χ1n) is 10.9. The van der Waals surface area contributed by atoms with Crippen LogP contribution in [-0.4, -0.2) is 52.9 Å². The van der Waals surface area contributed by atoms with Gasteiger partial charge in [0.1, 0.15) is 5.75 Å². The van der Waals surface area contributed by atoms with Gasteiger partial charge >= 0.3 is 0 Å². The van der Waals surface area contributed by atoms with Crippen molar-refractivity contribution in [1.82, 2.24) is 15.4 Å². The number of fused-ring (bicyclic) bond motifs is 2. The Morgan fingerprint density at radius 2 is 2.12 bits per heavy atom. The summed E-state index contributed by atoms with van der Waals surface area (Å²) in [5, 5.41) is 19.4. The number of nitrogens with zero attached hydrogens (tertiary/aromatic N) is 1. The van der Waals surface area contributed by atoms with E-state index in [0.29, 0.717) is 6.54 Å². The highest BCUT2D eigenvalue weighted by Crippen LogP contribution is 2.36. The number of hydrogen-bond acceptors (Lipinski definition) is 5. The molecule has 3 aromatic rings. The van der Waals surface area contributed by atoms with Gasteiger partial charge in [0.2, 0.25) is 0 Å². The van der Waals surface area contributed by atoms with Gasteiger partial charge < -0.3 is 14.8 Å². The van der Waals surface area contributed by atoms with Crippen molar-refractivity contribution in [3.63, 3.8) is 0 Å². The van der Waals surface area contributed by atoms with Crippen LogP contribution in [0.1, 0.15) is 34.8 Å². The number of carbonyl (C=O) groups excluding carboxylic acids is 1. The topological polar surface area (TPSA) is 97.8 Å². The summed E-state index contributed by atoms with van der Waals surface area (Å²) in [7, 11) is 1.67. The van der Waals surface area contributed by atoms with Crippen molar-refractivity contribution in [2.75, 3.05) is 26.8 Å². The van der Waals surface area contributed by atoms with Crippen molar-refractivity contribution in [1.29, 1.82) is 0 Å². The third-order valence-electron chi connectivity index (χ3n) is 6.13. The van der Waals surface area contributed by atoms with Gasteiger partial charge in [-0.3, -0.25) is 14.9 Å². The van der Waals surface area contributed by atoms with Crippen LogP contribution in [0.15, 0.2) is 48.5 Å². The van der Waals surface area contributed by atoms with E-state index in [-0.39, 0.29) is 12.6 Å². The number of benzene rings is 2. The smallest absolute Gasteiger partial charge is 0.267 e. The summed E-state index contributed by atoms with van der Waals surface area (Å²) in [6.45, 7) is 1.58. The largest absolute Gasteiger partial charge is 0.497 e. The van der Waals surface area contributed by atoms with Crippen LogP contribution in [0.4, 0.5) is 0 Å². The van der Waals surface area contributed by atoms with Gasteiger partial charge in [0.05, 0.1) is 13.7 Å². The molecule has 0 saturated carbocycles. The molecule has 1 amide bonds. The highest BCUT2D eigenvalue weighted by molar-refractivity contribution is 5.90. The van der Waals surface area contributed by atoms with E-state index in [9.17, 15) is 9.90 Å². The highest BCUT2D eigenvalue weighted by Gasteiger charge is 2.27. The standard InChI is InChI=1S/C25H29N3O4/c1-32-21-5-7-23-19(16-21)15-20(26-23)10-11-28(12-13-29)24-8-4-18-14-17(2-6-22(18)24)3-9-25(30)27-31/h2-3,5-7,9,14-16,24,26,29,31H,4,8,10-13H2,1H3,(H,27,30). The van der Waals surface area contributed by atoms with Crippen LogP contribution in [0.5, 0.6) is 5.75 Å². The van der Waals surface area contributed by atoms with Crippen molar-refractivity contribution in [2.24, 2.45) is 0 Å². The zero-order valence-corrected chi connectivity index (χ0v) is 18.2. The minimum absolute atomic E-state index is 0.118. The van der Waals surface area contributed by atoms with Gasteiger partial charge in [-0.2, -0.15) is 0 Å². The first-order valence-corrected chi connectivity index (χ1v) is 10.9. The predicted octanol–water partition coefficient (Wildman–Crippen LogP) is 3.22. The van der Waals surface area contributed by atoms with Crippen LogP contribution >= 0.6 is 0 Å². The Bertz CT molecular complexity index is 1120. The first kappa shape index (κ1) is 22.1. The Hall–Kier alpha value is -3.13. The molecule has 0 fully saturated rings. The maximum atomic E-state index is 11.2. The summed E-state index contributed by atoms with van der Waals surface area (Å²) in [5.41, 5.74) is 7.33. The fraction of sp³-hybridized carbons (Fsp3) is 0.320. The van der Waals surface area contributed by atoms with Gasteiger partial charge in [0, 0.05) is 48.2 Å². The number of ether oxygens (including phenoxy) is 1. The summed E-state index contributed by atoms with van der Waals surface area (Å²) in [6.07, 6.45) is 5.82. The molecule has 168 valence electrons. The van der Waals surface area contributed by atoms with Gasteiger partial charge in [0.15, 0.2) is 0 Å². The summed E-state index contributed by atoms with van der Waals surface area (Å²) < 4.78 is 5.32. The molecule has 4 rings (SSSR count). The Balaban J connectivity index is 1.47. The average Bonchev–Trinajstić information content (AvgIpc) is 3.42. The lowest BCUT2D eigenvalue weighted by molar-refractivity contribution is -0.124. The fourth-order valence-electron chi connectivity index (χ4n) is 4.56. The molecule has 32 heavy (non-hydrogen) atoms. The van der Waals surface area contributed by atoms with E-state index in [2.05, 4.69) is 28.1 Å². The number of rotatable bonds is 9. The molecule has 4 N–H and O–H groups in total. The SMILES string of the molecule is COc1ccc2[nH]c(CCN(CCO)C3CCc4cc(C=CC(=O)NO)ccc43)cc2c1. The van der Waals surface area contributed by atoms with E-state index >= 15 is 0 Å². The molecule has 0 spiro atoms. The van der Waals surface area contributed by atoms with Crippen LogP contribution in [0.3, 0.4) is 0 Å².